The Morgan fingerprint density at radius 1 is 0.968 bits per heavy atom. The van der Waals surface area contributed by atoms with Crippen LogP contribution in [0.15, 0.2) is 53.4 Å². The Balaban J connectivity index is 1.25. The van der Waals surface area contributed by atoms with Gasteiger partial charge in [-0.15, -0.1) is 0 Å². The molecule has 0 radical (unpaired) electrons. The van der Waals surface area contributed by atoms with Crippen LogP contribution >= 0.6 is 0 Å². The number of benzene rings is 2. The van der Waals surface area contributed by atoms with E-state index in [0.29, 0.717) is 64.0 Å². The lowest BCUT2D eigenvalue weighted by Gasteiger charge is -2.35. The third kappa shape index (κ3) is 5.55. The number of piperazine rings is 1. The largest absolute Gasteiger partial charge is 0.486 e. The molecule has 0 saturated carbocycles. The van der Waals surface area contributed by atoms with Crippen molar-refractivity contribution >= 4 is 10.0 Å². The van der Waals surface area contributed by atoms with Crippen LogP contribution in [0, 0.1) is 0 Å². The van der Waals surface area contributed by atoms with Crippen molar-refractivity contribution in [1.29, 1.82) is 0 Å². The molecule has 1 N–H and O–H groups in total. The number of sulfonamides is 1. The number of β-amino-alcohol motifs (C(OH)–C–C–N with tert-alkyl or cyclic N) is 1. The second-order valence-corrected chi connectivity index (χ2v) is 9.60. The summed E-state index contributed by atoms with van der Waals surface area (Å²) < 4.78 is 44.1. The van der Waals surface area contributed by atoms with Gasteiger partial charge in [0.1, 0.15) is 13.2 Å². The molecular formula is C22H28N2O6S. The topological polar surface area (TPSA) is 88.5 Å². The summed E-state index contributed by atoms with van der Waals surface area (Å²) in [4.78, 5) is 2.27. The minimum Gasteiger partial charge on any atom is -0.486 e. The van der Waals surface area contributed by atoms with Crippen molar-refractivity contribution in [2.24, 2.45) is 0 Å². The van der Waals surface area contributed by atoms with Gasteiger partial charge in [0.2, 0.25) is 10.0 Å². The maximum atomic E-state index is 13.0. The molecule has 4 rings (SSSR count). The summed E-state index contributed by atoms with van der Waals surface area (Å²) >= 11 is 0. The Hall–Kier alpha value is -2.17. The molecule has 1 saturated heterocycles. The van der Waals surface area contributed by atoms with Crippen LogP contribution in [0.2, 0.25) is 0 Å². The zero-order valence-corrected chi connectivity index (χ0v) is 18.2. The van der Waals surface area contributed by atoms with Crippen molar-refractivity contribution in [2.75, 3.05) is 52.5 Å². The molecule has 1 atom stereocenters. The Morgan fingerprint density at radius 3 is 2.42 bits per heavy atom. The Labute approximate surface area is 183 Å². The molecule has 2 heterocycles. The molecule has 0 aliphatic carbocycles. The fourth-order valence-corrected chi connectivity index (χ4v) is 5.16. The molecule has 0 amide bonds. The molecule has 0 spiro atoms. The summed E-state index contributed by atoms with van der Waals surface area (Å²) in [6.45, 7) is 3.87. The highest BCUT2D eigenvalue weighted by Gasteiger charge is 2.30. The zero-order chi connectivity index (χ0) is 21.7. The van der Waals surface area contributed by atoms with Crippen LogP contribution in [0.4, 0.5) is 0 Å². The van der Waals surface area contributed by atoms with Crippen molar-refractivity contribution in [3.05, 3.63) is 54.1 Å². The van der Waals surface area contributed by atoms with Gasteiger partial charge in [-0.1, -0.05) is 30.3 Å². The van der Waals surface area contributed by atoms with Gasteiger partial charge in [-0.25, -0.2) is 8.42 Å². The van der Waals surface area contributed by atoms with Crippen molar-refractivity contribution < 1.29 is 27.7 Å². The minimum atomic E-state index is -3.61. The van der Waals surface area contributed by atoms with Crippen molar-refractivity contribution in [3.63, 3.8) is 0 Å². The summed E-state index contributed by atoms with van der Waals surface area (Å²) in [5.41, 5.74) is 1.06. The molecular weight excluding hydrogens is 420 g/mol. The number of aliphatic hydroxyl groups excluding tert-OH is 1. The summed E-state index contributed by atoms with van der Waals surface area (Å²) in [6.07, 6.45) is -0.621. The van der Waals surface area contributed by atoms with E-state index >= 15 is 0 Å². The maximum absolute atomic E-state index is 13.0. The summed E-state index contributed by atoms with van der Waals surface area (Å²) in [6, 6.07) is 14.5. The van der Waals surface area contributed by atoms with E-state index in [1.807, 2.05) is 30.3 Å². The van der Waals surface area contributed by atoms with Gasteiger partial charge in [0, 0.05) is 38.8 Å². The van der Waals surface area contributed by atoms with Gasteiger partial charge in [0.25, 0.3) is 0 Å². The molecule has 31 heavy (non-hydrogen) atoms. The lowest BCUT2D eigenvalue weighted by atomic mass is 10.2. The first-order valence-electron chi connectivity index (χ1n) is 10.4. The highest BCUT2D eigenvalue weighted by molar-refractivity contribution is 7.89. The number of aliphatic hydroxyl groups is 1. The first-order chi connectivity index (χ1) is 15.0. The van der Waals surface area contributed by atoms with Gasteiger partial charge < -0.3 is 19.3 Å². The van der Waals surface area contributed by atoms with E-state index in [-0.39, 0.29) is 11.5 Å². The molecule has 1 unspecified atom stereocenters. The van der Waals surface area contributed by atoms with Crippen molar-refractivity contribution in [3.8, 4) is 11.5 Å². The molecule has 1 fully saturated rings. The van der Waals surface area contributed by atoms with Crippen LogP contribution in [0.25, 0.3) is 0 Å². The van der Waals surface area contributed by atoms with E-state index < -0.39 is 16.1 Å². The number of nitrogens with zero attached hydrogens (tertiary/aromatic N) is 2. The smallest absolute Gasteiger partial charge is 0.243 e. The van der Waals surface area contributed by atoms with Gasteiger partial charge in [-0.2, -0.15) is 4.31 Å². The molecule has 0 bridgehead atoms. The van der Waals surface area contributed by atoms with Crippen LogP contribution in [0.5, 0.6) is 11.5 Å². The molecule has 0 aromatic heterocycles. The number of hydrogen-bond acceptors (Lipinski definition) is 7. The van der Waals surface area contributed by atoms with Crippen LogP contribution in [-0.4, -0.2) is 81.4 Å². The van der Waals surface area contributed by atoms with E-state index in [2.05, 4.69) is 4.90 Å². The monoisotopic (exact) mass is 448 g/mol. The molecule has 168 valence electrons. The maximum Gasteiger partial charge on any atom is 0.243 e. The minimum absolute atomic E-state index is 0.208. The third-order valence-corrected chi connectivity index (χ3v) is 7.27. The van der Waals surface area contributed by atoms with E-state index in [1.54, 1.807) is 12.1 Å². The van der Waals surface area contributed by atoms with Crippen LogP contribution < -0.4 is 9.47 Å². The zero-order valence-electron chi connectivity index (χ0n) is 17.4. The summed E-state index contributed by atoms with van der Waals surface area (Å²) in [7, 11) is -3.61. The SMILES string of the molecule is O=S(=O)(c1ccc2c(c1)OCCO2)N1CCN(CC(O)COCc2ccccc2)CC1. The predicted molar refractivity (Wildman–Crippen MR) is 115 cm³/mol. The highest BCUT2D eigenvalue weighted by Crippen LogP contribution is 2.33. The van der Waals surface area contributed by atoms with Gasteiger partial charge in [-0.3, -0.25) is 4.90 Å². The molecule has 2 aromatic rings. The van der Waals surface area contributed by atoms with E-state index in [0.717, 1.165) is 5.56 Å². The molecule has 2 aromatic carbocycles. The van der Waals surface area contributed by atoms with Gasteiger partial charge in [-0.05, 0) is 17.7 Å². The van der Waals surface area contributed by atoms with Crippen LogP contribution in [0.3, 0.4) is 0 Å². The second-order valence-electron chi connectivity index (χ2n) is 7.66. The first kappa shape index (κ1) is 22.0. The van der Waals surface area contributed by atoms with Gasteiger partial charge in [0.05, 0.1) is 24.2 Å². The van der Waals surface area contributed by atoms with E-state index in [4.69, 9.17) is 14.2 Å². The fraction of sp³-hybridized carbons (Fsp3) is 0.455. The van der Waals surface area contributed by atoms with E-state index in [1.165, 1.54) is 10.4 Å². The molecule has 2 aliphatic heterocycles. The Kier molecular flexibility index (Phi) is 7.09. The predicted octanol–water partition coefficient (Wildman–Crippen LogP) is 1.34. The molecule has 8 nitrogen and oxygen atoms in total. The van der Waals surface area contributed by atoms with Gasteiger partial charge in [0.15, 0.2) is 11.5 Å². The normalized spacial score (nSPS) is 18.6. The van der Waals surface area contributed by atoms with Crippen LogP contribution in [0.1, 0.15) is 5.56 Å². The third-order valence-electron chi connectivity index (χ3n) is 5.37. The number of ether oxygens (including phenoxy) is 3. The second kappa shape index (κ2) is 9.97. The molecule has 9 heteroatoms. The van der Waals surface area contributed by atoms with Gasteiger partial charge >= 0.3 is 0 Å². The van der Waals surface area contributed by atoms with Crippen molar-refractivity contribution in [1.82, 2.24) is 9.21 Å². The number of rotatable bonds is 8. The molecule has 2 aliphatic rings. The lowest BCUT2D eigenvalue weighted by Crippen LogP contribution is -2.50. The first-order valence-corrected chi connectivity index (χ1v) is 11.9. The quantitative estimate of drug-likeness (QED) is 0.652. The average molecular weight is 449 g/mol. The fourth-order valence-electron chi connectivity index (χ4n) is 3.72. The average Bonchev–Trinajstić information content (AvgIpc) is 2.80. The lowest BCUT2D eigenvalue weighted by molar-refractivity contribution is 0.00539. The summed E-state index contributed by atoms with van der Waals surface area (Å²) in [5.74, 6) is 1.03. The summed E-state index contributed by atoms with van der Waals surface area (Å²) in [5, 5.41) is 10.3. The number of hydrogen-bond donors (Lipinski definition) is 1. The Bertz CT molecular complexity index is 961. The van der Waals surface area contributed by atoms with E-state index in [9.17, 15) is 13.5 Å². The highest BCUT2D eigenvalue weighted by atomic mass is 32.2. The Morgan fingerprint density at radius 2 is 1.68 bits per heavy atom. The number of fused-ring (bicyclic) bond motifs is 1. The standard InChI is InChI=1S/C22H28N2O6S/c25-19(17-28-16-18-4-2-1-3-5-18)15-23-8-10-24(11-9-23)31(26,27)20-6-7-21-22(14-20)30-13-12-29-21/h1-7,14,19,25H,8-13,15-17H2. The van der Waals surface area contributed by atoms with Crippen LogP contribution in [-0.2, 0) is 21.4 Å². The van der Waals surface area contributed by atoms with Crippen molar-refractivity contribution in [2.45, 2.75) is 17.6 Å².